The second kappa shape index (κ2) is 7.38. The van der Waals surface area contributed by atoms with Crippen LogP contribution in [0.3, 0.4) is 0 Å². The molecule has 1 aromatic heterocycles. The highest BCUT2D eigenvalue weighted by molar-refractivity contribution is 7.80. The number of anilines is 2. The first-order chi connectivity index (χ1) is 12.3. The molecule has 0 aliphatic heterocycles. The minimum atomic E-state index is -4.74. The number of rotatable bonds is 4. The zero-order valence-corrected chi connectivity index (χ0v) is 14.5. The summed E-state index contributed by atoms with van der Waals surface area (Å²) in [7, 11) is 0. The maximum Gasteiger partial charge on any atom is 0.573 e. The molecule has 3 aromatic rings. The summed E-state index contributed by atoms with van der Waals surface area (Å²) in [5.41, 5.74) is 1.17. The van der Waals surface area contributed by atoms with E-state index < -0.39 is 6.36 Å². The Morgan fingerprint density at radius 2 is 1.58 bits per heavy atom. The van der Waals surface area contributed by atoms with E-state index in [9.17, 15) is 13.2 Å². The normalized spacial score (nSPS) is 11.3. The molecule has 0 aliphatic rings. The monoisotopic (exact) mass is 398 g/mol. The second-order valence-electron chi connectivity index (χ2n) is 5.00. The first-order valence-electron chi connectivity index (χ1n) is 7.12. The molecule has 26 heavy (non-hydrogen) atoms. The molecule has 0 unspecified atom stereocenters. The Labute approximate surface area is 156 Å². The summed E-state index contributed by atoms with van der Waals surface area (Å²) in [6.07, 6.45) is -4.74. The fraction of sp³-hybridized carbons (Fsp3) is 0.0625. The van der Waals surface area contributed by atoms with E-state index in [0.717, 1.165) is 4.90 Å². The predicted molar refractivity (Wildman–Crippen MR) is 93.9 cm³/mol. The van der Waals surface area contributed by atoms with Crippen LogP contribution in [-0.4, -0.2) is 21.3 Å². The molecule has 0 bridgehead atoms. The summed E-state index contributed by atoms with van der Waals surface area (Å²) in [6, 6.07) is 12.3. The Bertz CT molecular complexity index is 905. The maximum atomic E-state index is 12.2. The van der Waals surface area contributed by atoms with Gasteiger partial charge in [0.05, 0.1) is 0 Å². The molecule has 134 valence electrons. The fourth-order valence-electron chi connectivity index (χ4n) is 2.01. The van der Waals surface area contributed by atoms with Crippen molar-refractivity contribution in [1.82, 2.24) is 15.0 Å². The van der Waals surface area contributed by atoms with E-state index in [1.54, 1.807) is 24.3 Å². The fourth-order valence-corrected chi connectivity index (χ4v) is 2.32. The summed E-state index contributed by atoms with van der Waals surface area (Å²) in [5, 5.41) is 2.83. The quantitative estimate of drug-likeness (QED) is 0.597. The van der Waals surface area contributed by atoms with Crippen LogP contribution in [0.25, 0.3) is 11.4 Å². The Balaban J connectivity index is 1.80. The standard InChI is InChI=1S/C16H10ClF3N4OS/c17-14-22-13(9-1-7-12(26)8-2-9)23-15(24-14)21-10-3-5-11(6-4-10)25-16(18,19)20/h1-8,26H,(H,21,22,23,24). The minimum absolute atomic E-state index is 0.0236. The van der Waals surface area contributed by atoms with Crippen LogP contribution in [0.1, 0.15) is 0 Å². The molecule has 0 atom stereocenters. The minimum Gasteiger partial charge on any atom is -0.406 e. The van der Waals surface area contributed by atoms with Crippen LogP contribution in [0, 0.1) is 0 Å². The van der Waals surface area contributed by atoms with Crippen molar-refractivity contribution in [1.29, 1.82) is 0 Å². The number of nitrogens with one attached hydrogen (secondary N) is 1. The Morgan fingerprint density at radius 3 is 2.19 bits per heavy atom. The molecule has 5 nitrogen and oxygen atoms in total. The first kappa shape index (κ1) is 18.3. The molecule has 0 fully saturated rings. The zero-order chi connectivity index (χ0) is 18.7. The van der Waals surface area contributed by atoms with Gasteiger partial charge in [-0.2, -0.15) is 15.0 Å². The van der Waals surface area contributed by atoms with Gasteiger partial charge in [-0.1, -0.05) is 12.1 Å². The predicted octanol–water partition coefficient (Wildman–Crippen LogP) is 5.12. The lowest BCUT2D eigenvalue weighted by Crippen LogP contribution is -2.17. The molecule has 1 heterocycles. The molecule has 0 aliphatic carbocycles. The zero-order valence-electron chi connectivity index (χ0n) is 12.8. The molecule has 0 saturated carbocycles. The largest absolute Gasteiger partial charge is 0.573 e. The average molecular weight is 399 g/mol. The lowest BCUT2D eigenvalue weighted by atomic mass is 10.2. The van der Waals surface area contributed by atoms with E-state index in [4.69, 9.17) is 11.6 Å². The molecule has 2 aromatic carbocycles. The van der Waals surface area contributed by atoms with Crippen molar-refractivity contribution in [3.8, 4) is 17.1 Å². The van der Waals surface area contributed by atoms with E-state index in [2.05, 4.69) is 37.6 Å². The summed E-state index contributed by atoms with van der Waals surface area (Å²) >= 11 is 10.1. The van der Waals surface area contributed by atoms with Crippen molar-refractivity contribution in [2.24, 2.45) is 0 Å². The summed E-state index contributed by atoms with van der Waals surface area (Å²) in [4.78, 5) is 13.1. The van der Waals surface area contributed by atoms with Crippen molar-refractivity contribution in [3.63, 3.8) is 0 Å². The van der Waals surface area contributed by atoms with Gasteiger partial charge < -0.3 is 10.1 Å². The topological polar surface area (TPSA) is 59.9 Å². The van der Waals surface area contributed by atoms with Gasteiger partial charge in [0.25, 0.3) is 0 Å². The molecule has 10 heteroatoms. The summed E-state index contributed by atoms with van der Waals surface area (Å²) in [5.74, 6) is 0.168. The third-order valence-corrected chi connectivity index (χ3v) is 3.54. The van der Waals surface area contributed by atoms with Gasteiger partial charge in [0.15, 0.2) is 5.82 Å². The first-order valence-corrected chi connectivity index (χ1v) is 7.95. The molecular formula is C16H10ClF3N4OS. The van der Waals surface area contributed by atoms with Crippen LogP contribution >= 0.6 is 24.2 Å². The van der Waals surface area contributed by atoms with Crippen molar-refractivity contribution >= 4 is 35.9 Å². The molecule has 1 N–H and O–H groups in total. The van der Waals surface area contributed by atoms with Gasteiger partial charge in [-0.05, 0) is 48.0 Å². The lowest BCUT2D eigenvalue weighted by Gasteiger charge is -2.10. The van der Waals surface area contributed by atoms with Crippen LogP contribution in [0.2, 0.25) is 5.28 Å². The van der Waals surface area contributed by atoms with E-state index in [0.29, 0.717) is 17.1 Å². The Hall–Kier alpha value is -2.52. The number of halogens is 4. The van der Waals surface area contributed by atoms with Gasteiger partial charge in [-0.15, -0.1) is 25.8 Å². The van der Waals surface area contributed by atoms with Gasteiger partial charge in [-0.3, -0.25) is 0 Å². The van der Waals surface area contributed by atoms with Gasteiger partial charge in [-0.25, -0.2) is 0 Å². The highest BCUT2D eigenvalue weighted by atomic mass is 35.5. The molecular weight excluding hydrogens is 389 g/mol. The van der Waals surface area contributed by atoms with Gasteiger partial charge in [0, 0.05) is 16.1 Å². The molecule has 0 amide bonds. The van der Waals surface area contributed by atoms with Gasteiger partial charge >= 0.3 is 6.36 Å². The van der Waals surface area contributed by atoms with E-state index in [-0.39, 0.29) is 17.0 Å². The third kappa shape index (κ3) is 4.99. The SMILES string of the molecule is FC(F)(F)Oc1ccc(Nc2nc(Cl)nc(-c3ccc(S)cc3)n2)cc1. The number of ether oxygens (including phenoxy) is 1. The number of hydrogen-bond donors (Lipinski definition) is 2. The maximum absolute atomic E-state index is 12.2. The van der Waals surface area contributed by atoms with Crippen molar-refractivity contribution in [2.45, 2.75) is 11.3 Å². The molecule has 3 rings (SSSR count). The molecule has 0 saturated heterocycles. The highest BCUT2D eigenvalue weighted by Crippen LogP contribution is 2.25. The number of alkyl halides is 3. The molecule has 0 radical (unpaired) electrons. The summed E-state index contributed by atoms with van der Waals surface area (Å²) < 4.78 is 40.4. The highest BCUT2D eigenvalue weighted by Gasteiger charge is 2.30. The number of hydrogen-bond acceptors (Lipinski definition) is 6. The lowest BCUT2D eigenvalue weighted by molar-refractivity contribution is -0.274. The Morgan fingerprint density at radius 1 is 0.923 bits per heavy atom. The van der Waals surface area contributed by atoms with Crippen molar-refractivity contribution in [3.05, 3.63) is 53.8 Å². The van der Waals surface area contributed by atoms with Crippen LogP contribution in [0.5, 0.6) is 5.75 Å². The third-order valence-electron chi connectivity index (χ3n) is 3.08. The van der Waals surface area contributed by atoms with Gasteiger partial charge in [0.1, 0.15) is 5.75 Å². The second-order valence-corrected chi connectivity index (χ2v) is 5.85. The van der Waals surface area contributed by atoms with Crippen molar-refractivity contribution < 1.29 is 17.9 Å². The van der Waals surface area contributed by atoms with Crippen molar-refractivity contribution in [2.75, 3.05) is 5.32 Å². The number of thiol groups is 1. The van der Waals surface area contributed by atoms with Crippen LogP contribution < -0.4 is 10.1 Å². The smallest absolute Gasteiger partial charge is 0.406 e. The van der Waals surface area contributed by atoms with E-state index in [1.165, 1.54) is 24.3 Å². The summed E-state index contributed by atoms with van der Waals surface area (Å²) in [6.45, 7) is 0. The number of nitrogens with zero attached hydrogens (tertiary/aromatic N) is 3. The van der Waals surface area contributed by atoms with E-state index in [1.807, 2.05) is 0 Å². The van der Waals surface area contributed by atoms with E-state index >= 15 is 0 Å². The van der Waals surface area contributed by atoms with Crippen LogP contribution in [0.4, 0.5) is 24.8 Å². The van der Waals surface area contributed by atoms with Crippen LogP contribution in [0.15, 0.2) is 53.4 Å². The Kier molecular flexibility index (Phi) is 5.19. The average Bonchev–Trinajstić information content (AvgIpc) is 2.55. The molecule has 0 spiro atoms. The van der Waals surface area contributed by atoms with Gasteiger partial charge in [0.2, 0.25) is 11.2 Å². The number of benzene rings is 2. The number of aromatic nitrogens is 3. The van der Waals surface area contributed by atoms with Crippen LogP contribution in [-0.2, 0) is 0 Å².